The third-order valence-corrected chi connectivity index (χ3v) is 4.03. The summed E-state index contributed by atoms with van der Waals surface area (Å²) in [6.07, 6.45) is 13.9. The van der Waals surface area contributed by atoms with Crippen LogP contribution >= 0.6 is 0 Å². The van der Waals surface area contributed by atoms with Crippen LogP contribution in [0.2, 0.25) is 0 Å². The molecule has 1 aliphatic heterocycles. The summed E-state index contributed by atoms with van der Waals surface area (Å²) in [4.78, 5) is 0. The van der Waals surface area contributed by atoms with Gasteiger partial charge in [0.15, 0.2) is 0 Å². The summed E-state index contributed by atoms with van der Waals surface area (Å²) in [6, 6.07) is 0. The normalized spacial score (nSPS) is 34.5. The predicted molar refractivity (Wildman–Crippen MR) is 54.2 cm³/mol. The first kappa shape index (κ1) is 7.66. The minimum absolute atomic E-state index is 0.702. The molecule has 0 amide bonds. The van der Waals surface area contributed by atoms with E-state index in [-0.39, 0.29) is 0 Å². The topological polar surface area (TPSA) is 12.0 Å². The maximum absolute atomic E-state index is 3.62. The molecular weight excluding hydrogens is 158 g/mol. The van der Waals surface area contributed by atoms with Gasteiger partial charge in [0.2, 0.25) is 0 Å². The van der Waals surface area contributed by atoms with Gasteiger partial charge in [-0.2, -0.15) is 0 Å². The number of piperidine rings is 1. The first-order valence-electron chi connectivity index (χ1n) is 5.49. The first-order chi connectivity index (χ1) is 6.38. The second-order valence-electron chi connectivity index (χ2n) is 4.89. The summed E-state index contributed by atoms with van der Waals surface area (Å²) in [6.45, 7) is 1.24. The zero-order valence-corrected chi connectivity index (χ0v) is 8.05. The molecule has 1 heteroatoms. The van der Waals surface area contributed by atoms with Gasteiger partial charge in [-0.05, 0) is 37.2 Å². The molecule has 1 spiro atoms. The number of fused-ring (bicyclic) bond motifs is 1. The van der Waals surface area contributed by atoms with Gasteiger partial charge in [-0.3, -0.25) is 0 Å². The average Bonchev–Trinajstić information content (AvgIpc) is 2.15. The van der Waals surface area contributed by atoms with Crippen molar-refractivity contribution < 1.29 is 0 Å². The van der Waals surface area contributed by atoms with Gasteiger partial charge in [0.25, 0.3) is 0 Å². The number of hydrogen-bond acceptors (Lipinski definition) is 1. The van der Waals surface area contributed by atoms with E-state index >= 15 is 0 Å². The molecule has 1 N–H and O–H groups in total. The van der Waals surface area contributed by atoms with Gasteiger partial charge in [-0.25, -0.2) is 0 Å². The molecule has 2 fully saturated rings. The van der Waals surface area contributed by atoms with E-state index in [9.17, 15) is 0 Å². The van der Waals surface area contributed by atoms with Crippen LogP contribution < -0.4 is 5.32 Å². The van der Waals surface area contributed by atoms with Gasteiger partial charge in [0.1, 0.15) is 0 Å². The van der Waals surface area contributed by atoms with Crippen LogP contribution in [0.3, 0.4) is 0 Å². The molecule has 0 aromatic carbocycles. The van der Waals surface area contributed by atoms with Gasteiger partial charge < -0.3 is 5.32 Å². The van der Waals surface area contributed by atoms with Gasteiger partial charge in [0, 0.05) is 18.2 Å². The Morgan fingerprint density at radius 2 is 2.31 bits per heavy atom. The van der Waals surface area contributed by atoms with Crippen LogP contribution in [-0.4, -0.2) is 6.54 Å². The number of rotatable bonds is 0. The Bertz CT molecular complexity index is 271. The van der Waals surface area contributed by atoms with E-state index in [1.165, 1.54) is 44.3 Å². The Labute approximate surface area is 79.9 Å². The quantitative estimate of drug-likeness (QED) is 0.596. The highest BCUT2D eigenvalue weighted by atomic mass is 14.9. The average molecular weight is 175 g/mol. The monoisotopic (exact) mass is 175 g/mol. The molecule has 0 aromatic rings. The number of allylic oxidation sites excluding steroid dienone is 4. The Hall–Kier alpha value is -0.720. The van der Waals surface area contributed by atoms with E-state index in [1.54, 1.807) is 0 Å². The van der Waals surface area contributed by atoms with Crippen LogP contribution in [0.15, 0.2) is 23.9 Å². The summed E-state index contributed by atoms with van der Waals surface area (Å²) in [7, 11) is 0. The van der Waals surface area contributed by atoms with Gasteiger partial charge >= 0.3 is 0 Å². The summed E-state index contributed by atoms with van der Waals surface area (Å²) in [5.74, 6) is 0.819. The third kappa shape index (κ3) is 1.13. The van der Waals surface area contributed by atoms with Gasteiger partial charge in [-0.15, -0.1) is 0 Å². The largest absolute Gasteiger partial charge is 0.388 e. The molecule has 3 rings (SSSR count). The SMILES string of the molecule is C1=CCC2CC3(CCC3)CNC2=C1. The molecule has 70 valence electrons. The Morgan fingerprint density at radius 3 is 3.08 bits per heavy atom. The van der Waals surface area contributed by atoms with Gasteiger partial charge in [0.05, 0.1) is 0 Å². The van der Waals surface area contributed by atoms with Crippen molar-refractivity contribution in [2.75, 3.05) is 6.54 Å². The second-order valence-corrected chi connectivity index (χ2v) is 4.89. The molecule has 1 saturated heterocycles. The minimum atomic E-state index is 0.702. The fourth-order valence-electron chi connectivity index (χ4n) is 3.02. The minimum Gasteiger partial charge on any atom is -0.388 e. The molecule has 1 nitrogen and oxygen atoms in total. The molecule has 1 atom stereocenters. The van der Waals surface area contributed by atoms with Crippen LogP contribution in [0.25, 0.3) is 0 Å². The highest BCUT2D eigenvalue weighted by molar-refractivity contribution is 5.23. The Kier molecular flexibility index (Phi) is 1.55. The maximum Gasteiger partial charge on any atom is 0.0200 e. The van der Waals surface area contributed by atoms with Crippen molar-refractivity contribution in [3.05, 3.63) is 23.9 Å². The predicted octanol–water partition coefficient (Wildman–Crippen LogP) is 2.61. The van der Waals surface area contributed by atoms with Crippen LogP contribution in [0.1, 0.15) is 32.1 Å². The fraction of sp³-hybridized carbons (Fsp3) is 0.667. The van der Waals surface area contributed by atoms with Crippen molar-refractivity contribution in [2.45, 2.75) is 32.1 Å². The summed E-state index contributed by atoms with van der Waals surface area (Å²) >= 11 is 0. The summed E-state index contributed by atoms with van der Waals surface area (Å²) < 4.78 is 0. The van der Waals surface area contributed by atoms with Crippen molar-refractivity contribution in [3.8, 4) is 0 Å². The lowest BCUT2D eigenvalue weighted by molar-refractivity contribution is 0.0788. The zero-order valence-electron chi connectivity index (χ0n) is 8.05. The Morgan fingerprint density at radius 1 is 1.38 bits per heavy atom. The highest BCUT2D eigenvalue weighted by Crippen LogP contribution is 2.49. The molecular formula is C12H17N. The van der Waals surface area contributed by atoms with Crippen molar-refractivity contribution in [3.63, 3.8) is 0 Å². The van der Waals surface area contributed by atoms with E-state index in [4.69, 9.17) is 0 Å². The fourth-order valence-corrected chi connectivity index (χ4v) is 3.02. The standard InChI is InChI=1S/C12H17N/c1-2-5-11-10(4-1)8-12(9-13-11)6-3-7-12/h1-2,5,10,13H,3-4,6-9H2. The molecule has 0 radical (unpaired) electrons. The van der Waals surface area contributed by atoms with Crippen LogP contribution in [-0.2, 0) is 0 Å². The van der Waals surface area contributed by atoms with E-state index in [1.807, 2.05) is 0 Å². The van der Waals surface area contributed by atoms with Crippen LogP contribution in [0.5, 0.6) is 0 Å². The van der Waals surface area contributed by atoms with Crippen molar-refractivity contribution in [1.82, 2.24) is 5.32 Å². The maximum atomic E-state index is 3.62. The van der Waals surface area contributed by atoms with Crippen molar-refractivity contribution in [2.24, 2.45) is 11.3 Å². The lowest BCUT2D eigenvalue weighted by Gasteiger charge is -2.49. The van der Waals surface area contributed by atoms with E-state index in [0.717, 1.165) is 5.92 Å². The first-order valence-corrected chi connectivity index (χ1v) is 5.49. The summed E-state index contributed by atoms with van der Waals surface area (Å²) in [5.41, 5.74) is 2.20. The van der Waals surface area contributed by atoms with E-state index in [0.29, 0.717) is 5.41 Å². The lowest BCUT2D eigenvalue weighted by atomic mass is 9.61. The van der Waals surface area contributed by atoms with Crippen molar-refractivity contribution >= 4 is 0 Å². The van der Waals surface area contributed by atoms with Crippen molar-refractivity contribution in [1.29, 1.82) is 0 Å². The number of hydrogen-bond donors (Lipinski definition) is 1. The molecule has 2 aliphatic carbocycles. The molecule has 3 aliphatic rings. The van der Waals surface area contributed by atoms with Crippen LogP contribution in [0, 0.1) is 11.3 Å². The van der Waals surface area contributed by atoms with E-state index in [2.05, 4.69) is 23.5 Å². The Balaban J connectivity index is 1.79. The second kappa shape index (κ2) is 2.63. The van der Waals surface area contributed by atoms with Crippen LogP contribution in [0.4, 0.5) is 0 Å². The zero-order chi connectivity index (χ0) is 8.73. The molecule has 13 heavy (non-hydrogen) atoms. The molecule has 0 aromatic heterocycles. The van der Waals surface area contributed by atoms with Gasteiger partial charge in [-0.1, -0.05) is 18.6 Å². The highest BCUT2D eigenvalue weighted by Gasteiger charge is 2.42. The van der Waals surface area contributed by atoms with E-state index < -0.39 is 0 Å². The third-order valence-electron chi connectivity index (χ3n) is 4.03. The molecule has 0 bridgehead atoms. The molecule has 1 heterocycles. The molecule has 1 saturated carbocycles. The molecule has 1 unspecified atom stereocenters. The smallest absolute Gasteiger partial charge is 0.0200 e. The summed E-state index contributed by atoms with van der Waals surface area (Å²) in [5, 5.41) is 3.62. The lowest BCUT2D eigenvalue weighted by Crippen LogP contribution is -2.47. The number of nitrogens with one attached hydrogen (secondary N) is 1.